The van der Waals surface area contributed by atoms with Crippen LogP contribution in [-0.2, 0) is 0 Å². The minimum Gasteiger partial charge on any atom is -0.461 e. The molecular formula is C13H12F2O2. The van der Waals surface area contributed by atoms with E-state index in [1.807, 2.05) is 0 Å². The molecule has 1 saturated carbocycles. The van der Waals surface area contributed by atoms with Crippen molar-refractivity contribution in [2.75, 3.05) is 6.61 Å². The zero-order chi connectivity index (χ0) is 12.2. The maximum absolute atomic E-state index is 13.5. The monoisotopic (exact) mass is 238 g/mol. The molecule has 1 fully saturated rings. The second kappa shape index (κ2) is 3.29. The van der Waals surface area contributed by atoms with E-state index in [2.05, 4.69) is 0 Å². The fourth-order valence-electron chi connectivity index (χ4n) is 2.52. The highest BCUT2D eigenvalue weighted by atomic mass is 19.3. The summed E-state index contributed by atoms with van der Waals surface area (Å²) in [6, 6.07) is 6.93. The Labute approximate surface area is 96.9 Å². The lowest BCUT2D eigenvalue weighted by atomic mass is 10.0. The van der Waals surface area contributed by atoms with E-state index in [-0.39, 0.29) is 0 Å². The van der Waals surface area contributed by atoms with Crippen molar-refractivity contribution in [2.45, 2.75) is 18.8 Å². The number of alkyl halides is 2. The van der Waals surface area contributed by atoms with Gasteiger partial charge < -0.3 is 9.52 Å². The van der Waals surface area contributed by atoms with Crippen LogP contribution in [0.4, 0.5) is 8.78 Å². The van der Waals surface area contributed by atoms with Crippen molar-refractivity contribution in [3.8, 4) is 0 Å². The SMILES string of the molecule is Cc1cc2c(C3C(CO)C3(F)F)cccc2o1. The van der Waals surface area contributed by atoms with Gasteiger partial charge in [-0.25, -0.2) is 8.78 Å². The van der Waals surface area contributed by atoms with Crippen molar-refractivity contribution in [3.05, 3.63) is 35.6 Å². The number of aliphatic hydroxyl groups is 1. The Morgan fingerprint density at radius 1 is 1.41 bits per heavy atom. The van der Waals surface area contributed by atoms with Crippen LogP contribution in [0.25, 0.3) is 11.0 Å². The summed E-state index contributed by atoms with van der Waals surface area (Å²) in [5, 5.41) is 9.67. The molecule has 1 aliphatic rings. The van der Waals surface area contributed by atoms with Crippen LogP contribution in [0.15, 0.2) is 28.7 Å². The highest BCUT2D eigenvalue weighted by molar-refractivity contribution is 5.83. The number of fused-ring (bicyclic) bond motifs is 1. The third-order valence-electron chi connectivity index (χ3n) is 3.45. The predicted molar refractivity (Wildman–Crippen MR) is 59.2 cm³/mol. The highest BCUT2D eigenvalue weighted by Gasteiger charge is 2.68. The van der Waals surface area contributed by atoms with E-state index in [1.54, 1.807) is 31.2 Å². The molecule has 0 aliphatic heterocycles. The first-order valence-electron chi connectivity index (χ1n) is 5.53. The molecule has 17 heavy (non-hydrogen) atoms. The van der Waals surface area contributed by atoms with Crippen LogP contribution >= 0.6 is 0 Å². The lowest BCUT2D eigenvalue weighted by molar-refractivity contribution is 0.0786. The standard InChI is InChI=1S/C13H12F2O2/c1-7-5-9-8(3-2-4-11(9)17-7)12-10(6-16)13(12,14)15/h2-5,10,12,16H,6H2,1H3. The van der Waals surface area contributed by atoms with Crippen molar-refractivity contribution in [1.82, 2.24) is 0 Å². The van der Waals surface area contributed by atoms with Gasteiger partial charge >= 0.3 is 0 Å². The third-order valence-corrected chi connectivity index (χ3v) is 3.45. The summed E-state index contributed by atoms with van der Waals surface area (Å²) in [7, 11) is 0. The van der Waals surface area contributed by atoms with Gasteiger partial charge in [0, 0.05) is 5.39 Å². The van der Waals surface area contributed by atoms with E-state index >= 15 is 0 Å². The van der Waals surface area contributed by atoms with E-state index in [4.69, 9.17) is 9.52 Å². The maximum Gasteiger partial charge on any atom is 0.261 e. The molecule has 2 aromatic rings. The first-order valence-corrected chi connectivity index (χ1v) is 5.53. The molecule has 2 unspecified atom stereocenters. The van der Waals surface area contributed by atoms with Gasteiger partial charge in [-0.2, -0.15) is 0 Å². The lowest BCUT2D eigenvalue weighted by Gasteiger charge is -2.00. The first-order chi connectivity index (χ1) is 8.05. The Bertz CT molecular complexity index is 574. The smallest absolute Gasteiger partial charge is 0.261 e. The number of aliphatic hydroxyl groups excluding tert-OH is 1. The van der Waals surface area contributed by atoms with Crippen LogP contribution < -0.4 is 0 Å². The van der Waals surface area contributed by atoms with E-state index < -0.39 is 24.4 Å². The molecule has 3 rings (SSSR count). The summed E-state index contributed by atoms with van der Waals surface area (Å²) in [6.45, 7) is 1.31. The molecule has 2 atom stereocenters. The number of halogens is 2. The largest absolute Gasteiger partial charge is 0.461 e. The molecular weight excluding hydrogens is 226 g/mol. The molecule has 1 N–H and O–H groups in total. The molecule has 90 valence electrons. The van der Waals surface area contributed by atoms with Gasteiger partial charge in [0.1, 0.15) is 11.3 Å². The zero-order valence-electron chi connectivity index (χ0n) is 9.28. The Hall–Kier alpha value is -1.42. The molecule has 0 saturated heterocycles. The third kappa shape index (κ3) is 1.40. The normalized spacial score (nSPS) is 26.4. The maximum atomic E-state index is 13.5. The predicted octanol–water partition coefficient (Wildman–Crippen LogP) is 3.08. The van der Waals surface area contributed by atoms with Crippen molar-refractivity contribution in [2.24, 2.45) is 5.92 Å². The fourth-order valence-corrected chi connectivity index (χ4v) is 2.52. The van der Waals surface area contributed by atoms with Crippen molar-refractivity contribution < 1.29 is 18.3 Å². The van der Waals surface area contributed by atoms with Crippen LogP contribution in [0.1, 0.15) is 17.2 Å². The van der Waals surface area contributed by atoms with E-state index in [1.165, 1.54) is 0 Å². The van der Waals surface area contributed by atoms with Crippen molar-refractivity contribution >= 4 is 11.0 Å². The molecule has 0 bridgehead atoms. The molecule has 1 aromatic heterocycles. The van der Waals surface area contributed by atoms with Gasteiger partial charge in [0.25, 0.3) is 5.92 Å². The number of hydrogen-bond acceptors (Lipinski definition) is 2. The summed E-state index contributed by atoms with van der Waals surface area (Å²) in [4.78, 5) is 0. The van der Waals surface area contributed by atoms with Crippen LogP contribution in [0.2, 0.25) is 0 Å². The molecule has 0 radical (unpaired) electrons. The average molecular weight is 238 g/mol. The van der Waals surface area contributed by atoms with E-state index in [0.717, 1.165) is 5.39 Å². The van der Waals surface area contributed by atoms with Gasteiger partial charge in [-0.15, -0.1) is 0 Å². The lowest BCUT2D eigenvalue weighted by Crippen LogP contribution is -1.97. The van der Waals surface area contributed by atoms with Gasteiger partial charge in [-0.1, -0.05) is 12.1 Å². The van der Waals surface area contributed by atoms with Gasteiger partial charge in [-0.05, 0) is 24.6 Å². The van der Waals surface area contributed by atoms with Crippen LogP contribution in [0.5, 0.6) is 0 Å². The minimum atomic E-state index is -2.80. The van der Waals surface area contributed by atoms with Gasteiger partial charge in [0.2, 0.25) is 0 Å². The Morgan fingerprint density at radius 2 is 2.18 bits per heavy atom. The number of benzene rings is 1. The number of furan rings is 1. The van der Waals surface area contributed by atoms with Gasteiger partial charge in [-0.3, -0.25) is 0 Å². The summed E-state index contributed by atoms with van der Waals surface area (Å²) in [5.41, 5.74) is 1.20. The molecule has 4 heteroatoms. The molecule has 1 aromatic carbocycles. The Morgan fingerprint density at radius 3 is 2.82 bits per heavy atom. The van der Waals surface area contributed by atoms with E-state index in [9.17, 15) is 8.78 Å². The number of hydrogen-bond donors (Lipinski definition) is 1. The number of rotatable bonds is 2. The van der Waals surface area contributed by atoms with Crippen molar-refractivity contribution in [3.63, 3.8) is 0 Å². The quantitative estimate of drug-likeness (QED) is 0.872. The van der Waals surface area contributed by atoms with E-state index in [0.29, 0.717) is 16.9 Å². The molecule has 0 amide bonds. The summed E-state index contributed by atoms with van der Waals surface area (Å²) >= 11 is 0. The topological polar surface area (TPSA) is 33.4 Å². The summed E-state index contributed by atoms with van der Waals surface area (Å²) in [6.07, 6.45) is 0. The Kier molecular flexibility index (Phi) is 2.08. The summed E-state index contributed by atoms with van der Waals surface area (Å²) in [5.74, 6) is -3.93. The molecule has 0 spiro atoms. The average Bonchev–Trinajstić information content (AvgIpc) is 2.64. The van der Waals surface area contributed by atoms with Gasteiger partial charge in [0.05, 0.1) is 18.4 Å². The Balaban J connectivity index is 2.13. The highest BCUT2D eigenvalue weighted by Crippen LogP contribution is 2.62. The molecule has 1 aliphatic carbocycles. The van der Waals surface area contributed by atoms with Crippen LogP contribution in [0, 0.1) is 12.8 Å². The molecule has 1 heterocycles. The van der Waals surface area contributed by atoms with Crippen LogP contribution in [-0.4, -0.2) is 17.6 Å². The zero-order valence-corrected chi connectivity index (χ0v) is 9.28. The minimum absolute atomic E-state index is 0.481. The number of aryl methyl sites for hydroxylation is 1. The molecule has 2 nitrogen and oxygen atoms in total. The second-order valence-electron chi connectivity index (χ2n) is 4.56. The first kappa shape index (κ1) is 10.7. The van der Waals surface area contributed by atoms with Gasteiger partial charge in [0.15, 0.2) is 0 Å². The summed E-state index contributed by atoms with van der Waals surface area (Å²) < 4.78 is 32.4. The second-order valence-corrected chi connectivity index (χ2v) is 4.56. The van der Waals surface area contributed by atoms with Crippen LogP contribution in [0.3, 0.4) is 0 Å². The van der Waals surface area contributed by atoms with Crippen molar-refractivity contribution in [1.29, 1.82) is 0 Å². The fraction of sp³-hybridized carbons (Fsp3) is 0.385.